The van der Waals surface area contributed by atoms with Gasteiger partial charge in [-0.3, -0.25) is 4.79 Å². The van der Waals surface area contributed by atoms with Crippen LogP contribution in [0, 0.1) is 5.92 Å². The second kappa shape index (κ2) is 3.57. The first-order chi connectivity index (χ1) is 7.39. The number of carbonyl (C=O) groups is 1. The fraction of sp³-hybridized carbons (Fsp3) is 0.300. The van der Waals surface area contributed by atoms with Crippen LogP contribution in [0.3, 0.4) is 0 Å². The summed E-state index contributed by atoms with van der Waals surface area (Å²) < 4.78 is 22.0. The van der Waals surface area contributed by atoms with E-state index in [1.165, 1.54) is 12.1 Å². The van der Waals surface area contributed by atoms with Crippen molar-refractivity contribution in [2.24, 2.45) is 11.1 Å². The zero-order valence-corrected chi connectivity index (χ0v) is 9.15. The van der Waals surface area contributed by atoms with Gasteiger partial charge in [0.05, 0.1) is 10.8 Å². The first-order valence-corrected chi connectivity index (χ1v) is 6.30. The molecule has 0 amide bonds. The van der Waals surface area contributed by atoms with Gasteiger partial charge in [0.1, 0.15) is 0 Å². The molecular weight excluding hydrogens is 230 g/mol. The van der Waals surface area contributed by atoms with Crippen LogP contribution in [0.15, 0.2) is 29.2 Å². The lowest BCUT2D eigenvalue weighted by atomic mass is 10.1. The quantitative estimate of drug-likeness (QED) is 0.806. The number of carboxylic acids is 1. The predicted molar refractivity (Wildman–Crippen MR) is 56.3 cm³/mol. The number of rotatable bonds is 3. The highest BCUT2D eigenvalue weighted by molar-refractivity contribution is 7.89. The number of carboxylic acid groups (broad SMARTS) is 1. The largest absolute Gasteiger partial charge is 0.481 e. The zero-order chi connectivity index (χ0) is 11.9. The van der Waals surface area contributed by atoms with Crippen molar-refractivity contribution in [3.63, 3.8) is 0 Å². The maximum Gasteiger partial charge on any atom is 0.307 e. The number of benzene rings is 1. The molecule has 16 heavy (non-hydrogen) atoms. The van der Waals surface area contributed by atoms with Crippen molar-refractivity contribution in [3.05, 3.63) is 29.8 Å². The highest BCUT2D eigenvalue weighted by Crippen LogP contribution is 2.47. The molecule has 0 heterocycles. The van der Waals surface area contributed by atoms with E-state index < -0.39 is 16.0 Å². The molecule has 2 atom stereocenters. The summed E-state index contributed by atoms with van der Waals surface area (Å²) in [5, 5.41) is 13.7. The van der Waals surface area contributed by atoms with Crippen LogP contribution in [0.25, 0.3) is 0 Å². The van der Waals surface area contributed by atoms with E-state index >= 15 is 0 Å². The first-order valence-electron chi connectivity index (χ1n) is 4.75. The molecule has 0 spiro atoms. The topological polar surface area (TPSA) is 97.5 Å². The standard InChI is InChI=1S/C10H11NO4S/c11-16(14,15)7-3-1-6(2-4-7)8-5-9(8)10(12)13/h1-4,8-9H,5H2,(H,12,13)(H2,11,14,15). The summed E-state index contributed by atoms with van der Waals surface area (Å²) in [7, 11) is -3.67. The van der Waals surface area contributed by atoms with E-state index in [9.17, 15) is 13.2 Å². The molecule has 1 saturated carbocycles. The van der Waals surface area contributed by atoms with Crippen LogP contribution in [0.4, 0.5) is 0 Å². The normalized spacial score (nSPS) is 24.1. The molecule has 1 aliphatic carbocycles. The van der Waals surface area contributed by atoms with Gasteiger partial charge in [-0.2, -0.15) is 0 Å². The Morgan fingerprint density at radius 1 is 1.31 bits per heavy atom. The summed E-state index contributed by atoms with van der Waals surface area (Å²) in [4.78, 5) is 10.7. The maximum absolute atomic E-state index is 11.0. The Labute approximate surface area is 92.9 Å². The van der Waals surface area contributed by atoms with Gasteiger partial charge in [-0.25, -0.2) is 13.6 Å². The monoisotopic (exact) mass is 241 g/mol. The Morgan fingerprint density at radius 3 is 2.25 bits per heavy atom. The average molecular weight is 241 g/mol. The van der Waals surface area contributed by atoms with Gasteiger partial charge in [-0.05, 0) is 30.0 Å². The summed E-state index contributed by atoms with van der Waals surface area (Å²) in [6.07, 6.45) is 0.615. The van der Waals surface area contributed by atoms with Crippen LogP contribution in [0.1, 0.15) is 17.9 Å². The second-order valence-electron chi connectivity index (χ2n) is 3.90. The molecule has 5 nitrogen and oxygen atoms in total. The number of hydrogen-bond acceptors (Lipinski definition) is 3. The van der Waals surface area contributed by atoms with Crippen LogP contribution in [0.2, 0.25) is 0 Å². The van der Waals surface area contributed by atoms with Crippen molar-refractivity contribution in [3.8, 4) is 0 Å². The highest BCUT2D eigenvalue weighted by Gasteiger charge is 2.44. The minimum atomic E-state index is -3.67. The van der Waals surface area contributed by atoms with Crippen LogP contribution in [-0.4, -0.2) is 19.5 Å². The van der Waals surface area contributed by atoms with Gasteiger partial charge in [0, 0.05) is 0 Å². The van der Waals surface area contributed by atoms with Crippen LogP contribution in [0.5, 0.6) is 0 Å². The average Bonchev–Trinajstić information content (AvgIpc) is 2.96. The molecule has 0 aliphatic heterocycles. The third kappa shape index (κ3) is 2.07. The van der Waals surface area contributed by atoms with E-state index in [4.69, 9.17) is 10.2 Å². The lowest BCUT2D eigenvalue weighted by Gasteiger charge is -2.01. The minimum Gasteiger partial charge on any atom is -0.481 e. The van der Waals surface area contributed by atoms with Crippen LogP contribution < -0.4 is 5.14 Å². The van der Waals surface area contributed by atoms with Crippen molar-refractivity contribution in [2.45, 2.75) is 17.2 Å². The molecule has 0 bridgehead atoms. The Morgan fingerprint density at radius 2 is 1.88 bits per heavy atom. The van der Waals surface area contributed by atoms with Crippen molar-refractivity contribution < 1.29 is 18.3 Å². The number of sulfonamides is 1. The molecule has 3 N–H and O–H groups in total. The smallest absolute Gasteiger partial charge is 0.307 e. The van der Waals surface area contributed by atoms with E-state index in [2.05, 4.69) is 0 Å². The van der Waals surface area contributed by atoms with Gasteiger partial charge in [0.25, 0.3) is 0 Å². The van der Waals surface area contributed by atoms with Gasteiger partial charge in [-0.1, -0.05) is 12.1 Å². The van der Waals surface area contributed by atoms with Gasteiger partial charge < -0.3 is 5.11 Å². The third-order valence-electron chi connectivity index (χ3n) is 2.74. The lowest BCUT2D eigenvalue weighted by Crippen LogP contribution is -2.11. The van der Waals surface area contributed by atoms with Crippen LogP contribution in [-0.2, 0) is 14.8 Å². The van der Waals surface area contributed by atoms with Gasteiger partial charge in [0.15, 0.2) is 0 Å². The Kier molecular flexibility index (Phi) is 2.47. The van der Waals surface area contributed by atoms with Crippen molar-refractivity contribution in [1.82, 2.24) is 0 Å². The lowest BCUT2D eigenvalue weighted by molar-refractivity contribution is -0.138. The Hall–Kier alpha value is -1.40. The third-order valence-corrected chi connectivity index (χ3v) is 3.67. The molecule has 2 rings (SSSR count). The van der Waals surface area contributed by atoms with Gasteiger partial charge in [0.2, 0.25) is 10.0 Å². The number of hydrogen-bond donors (Lipinski definition) is 2. The number of nitrogens with two attached hydrogens (primary N) is 1. The summed E-state index contributed by atoms with van der Waals surface area (Å²) in [6.45, 7) is 0. The summed E-state index contributed by atoms with van der Waals surface area (Å²) in [5.41, 5.74) is 0.847. The molecule has 0 aromatic heterocycles. The summed E-state index contributed by atoms with van der Waals surface area (Å²) >= 11 is 0. The Balaban J connectivity index is 2.19. The fourth-order valence-electron chi connectivity index (χ4n) is 1.74. The molecule has 6 heteroatoms. The fourth-order valence-corrected chi connectivity index (χ4v) is 2.26. The van der Waals surface area contributed by atoms with E-state index in [-0.39, 0.29) is 16.7 Å². The first kappa shape index (κ1) is 11.1. The van der Waals surface area contributed by atoms with Crippen molar-refractivity contribution >= 4 is 16.0 Å². The predicted octanol–water partition coefficient (Wildman–Crippen LogP) is 0.522. The SMILES string of the molecule is NS(=O)(=O)c1ccc(C2CC2C(=O)O)cc1. The van der Waals surface area contributed by atoms with E-state index in [1.807, 2.05) is 0 Å². The van der Waals surface area contributed by atoms with E-state index in [0.29, 0.717) is 6.42 Å². The second-order valence-corrected chi connectivity index (χ2v) is 5.46. The highest BCUT2D eigenvalue weighted by atomic mass is 32.2. The van der Waals surface area contributed by atoms with E-state index in [0.717, 1.165) is 5.56 Å². The molecule has 1 aromatic rings. The molecule has 1 aromatic carbocycles. The zero-order valence-electron chi connectivity index (χ0n) is 8.33. The van der Waals surface area contributed by atoms with Crippen molar-refractivity contribution in [1.29, 1.82) is 0 Å². The summed E-state index contributed by atoms with van der Waals surface area (Å²) in [5.74, 6) is -1.13. The molecule has 0 radical (unpaired) electrons. The van der Waals surface area contributed by atoms with Gasteiger partial charge >= 0.3 is 5.97 Å². The molecule has 2 unspecified atom stereocenters. The molecular formula is C10H11NO4S. The minimum absolute atomic E-state index is 0.00651. The molecule has 86 valence electrons. The van der Waals surface area contributed by atoms with Crippen LogP contribution >= 0.6 is 0 Å². The Bertz CT molecular complexity index is 520. The molecule has 0 saturated heterocycles. The summed E-state index contributed by atoms with van der Waals surface area (Å²) in [6, 6.07) is 6.05. The number of aliphatic carboxylic acids is 1. The number of primary sulfonamides is 1. The maximum atomic E-state index is 11.0. The molecule has 1 aliphatic rings. The molecule has 1 fully saturated rings. The van der Waals surface area contributed by atoms with Crippen molar-refractivity contribution in [2.75, 3.05) is 0 Å². The van der Waals surface area contributed by atoms with Gasteiger partial charge in [-0.15, -0.1) is 0 Å². The van der Waals surface area contributed by atoms with E-state index in [1.54, 1.807) is 12.1 Å².